The number of allylic oxidation sites excluding steroid dienone is 1. The van der Waals surface area contributed by atoms with Crippen LogP contribution in [0.15, 0.2) is 30.8 Å². The highest BCUT2D eigenvalue weighted by Gasteiger charge is 1.94. The van der Waals surface area contributed by atoms with Gasteiger partial charge in [0.1, 0.15) is 0 Å². The number of hydrogen-bond donors (Lipinski definition) is 1. The molecule has 1 aromatic rings. The molecule has 0 heterocycles. The maximum Gasteiger partial charge on any atom is 0.0283 e. The number of alkyl halides is 1. The van der Waals surface area contributed by atoms with E-state index in [-0.39, 0.29) is 0 Å². The summed E-state index contributed by atoms with van der Waals surface area (Å²) in [6.07, 6.45) is 1.27. The summed E-state index contributed by atoms with van der Waals surface area (Å²) in [4.78, 5) is 0. The van der Waals surface area contributed by atoms with Crippen LogP contribution in [0.3, 0.4) is 0 Å². The molecule has 0 aromatic heterocycles. The van der Waals surface area contributed by atoms with E-state index in [9.17, 15) is 0 Å². The van der Waals surface area contributed by atoms with Crippen LogP contribution < -0.4 is 0 Å². The van der Waals surface area contributed by atoms with Gasteiger partial charge in [-0.2, -0.15) is 0 Å². The fraction of sp³-hybridized carbons (Fsp3) is 0.100. The highest BCUT2D eigenvalue weighted by atomic mass is 79.9. The lowest BCUT2D eigenvalue weighted by molar-refractivity contribution is 1.43. The molecule has 0 aliphatic heterocycles. The molecular formula is C10H10BrN. The Balaban J connectivity index is 2.91. The van der Waals surface area contributed by atoms with Crippen molar-refractivity contribution in [1.82, 2.24) is 0 Å². The van der Waals surface area contributed by atoms with Gasteiger partial charge in [-0.25, -0.2) is 0 Å². The van der Waals surface area contributed by atoms with Crippen molar-refractivity contribution < 1.29 is 0 Å². The van der Waals surface area contributed by atoms with Crippen LogP contribution >= 0.6 is 15.9 Å². The zero-order valence-corrected chi connectivity index (χ0v) is 8.26. The van der Waals surface area contributed by atoms with E-state index < -0.39 is 0 Å². The minimum atomic E-state index is 0.746. The summed E-state index contributed by atoms with van der Waals surface area (Å²) in [6.45, 7) is 3.74. The minimum Gasteiger partial charge on any atom is -0.308 e. The van der Waals surface area contributed by atoms with Gasteiger partial charge in [-0.1, -0.05) is 46.8 Å². The molecule has 12 heavy (non-hydrogen) atoms. The van der Waals surface area contributed by atoms with Crippen molar-refractivity contribution >= 4 is 27.7 Å². The van der Waals surface area contributed by atoms with Gasteiger partial charge < -0.3 is 5.41 Å². The third-order valence-corrected chi connectivity index (χ3v) is 2.30. The number of rotatable bonds is 3. The van der Waals surface area contributed by atoms with Gasteiger partial charge in [0.2, 0.25) is 0 Å². The second-order valence-corrected chi connectivity index (χ2v) is 3.06. The van der Waals surface area contributed by atoms with Gasteiger partial charge in [0.05, 0.1) is 0 Å². The summed E-state index contributed by atoms with van der Waals surface area (Å²) < 4.78 is 0. The van der Waals surface area contributed by atoms with Gasteiger partial charge in [-0.15, -0.1) is 0 Å². The van der Waals surface area contributed by atoms with Gasteiger partial charge in [-0.05, 0) is 16.7 Å². The van der Waals surface area contributed by atoms with Crippen LogP contribution in [0.25, 0.3) is 5.57 Å². The maximum absolute atomic E-state index is 7.01. The molecule has 0 fully saturated rings. The average Bonchev–Trinajstić information content (AvgIpc) is 2.17. The molecular weight excluding hydrogens is 214 g/mol. The van der Waals surface area contributed by atoms with Crippen molar-refractivity contribution in [2.75, 3.05) is 0 Å². The van der Waals surface area contributed by atoms with Crippen LogP contribution in [0.4, 0.5) is 0 Å². The molecule has 0 amide bonds. The Bertz CT molecular complexity index is 287. The van der Waals surface area contributed by atoms with Gasteiger partial charge >= 0.3 is 0 Å². The van der Waals surface area contributed by atoms with E-state index in [1.54, 1.807) is 0 Å². The predicted molar refractivity (Wildman–Crippen MR) is 56.9 cm³/mol. The van der Waals surface area contributed by atoms with Crippen LogP contribution in [0, 0.1) is 5.41 Å². The molecule has 0 aliphatic carbocycles. The number of benzene rings is 1. The molecule has 0 atom stereocenters. The van der Waals surface area contributed by atoms with Crippen molar-refractivity contribution in [3.63, 3.8) is 0 Å². The van der Waals surface area contributed by atoms with Gasteiger partial charge in [0, 0.05) is 11.5 Å². The predicted octanol–water partition coefficient (Wildman–Crippen LogP) is 3.24. The Kier molecular flexibility index (Phi) is 3.23. The first-order valence-corrected chi connectivity index (χ1v) is 4.74. The number of nitrogens with one attached hydrogen (secondary N) is 1. The minimum absolute atomic E-state index is 0.746. The van der Waals surface area contributed by atoms with Crippen LogP contribution in [0.2, 0.25) is 0 Å². The SMILES string of the molecule is C=C(C=N)c1ccc(CBr)cc1. The Morgan fingerprint density at radius 2 is 2.00 bits per heavy atom. The van der Waals surface area contributed by atoms with Crippen LogP contribution in [-0.2, 0) is 5.33 Å². The quantitative estimate of drug-likeness (QED) is 0.602. The van der Waals surface area contributed by atoms with Crippen LogP contribution in [-0.4, -0.2) is 6.21 Å². The summed E-state index contributed by atoms with van der Waals surface area (Å²) in [7, 11) is 0. The number of halogens is 1. The zero-order valence-electron chi connectivity index (χ0n) is 6.68. The summed E-state index contributed by atoms with van der Waals surface area (Å²) in [6, 6.07) is 8.01. The smallest absolute Gasteiger partial charge is 0.0283 e. The highest BCUT2D eigenvalue weighted by molar-refractivity contribution is 9.08. The van der Waals surface area contributed by atoms with Crippen molar-refractivity contribution in [2.45, 2.75) is 5.33 Å². The van der Waals surface area contributed by atoms with Crippen molar-refractivity contribution in [1.29, 1.82) is 5.41 Å². The molecule has 0 saturated carbocycles. The Morgan fingerprint density at radius 3 is 2.42 bits per heavy atom. The summed E-state index contributed by atoms with van der Waals surface area (Å²) in [5.74, 6) is 0. The largest absolute Gasteiger partial charge is 0.308 e. The van der Waals surface area contributed by atoms with Crippen molar-refractivity contribution in [2.24, 2.45) is 0 Å². The molecule has 1 rings (SSSR count). The van der Waals surface area contributed by atoms with E-state index in [1.165, 1.54) is 11.8 Å². The summed E-state index contributed by atoms with van der Waals surface area (Å²) in [5, 5.41) is 7.88. The molecule has 0 aliphatic rings. The fourth-order valence-electron chi connectivity index (χ4n) is 0.891. The second-order valence-electron chi connectivity index (χ2n) is 2.50. The lowest BCUT2D eigenvalue weighted by Gasteiger charge is -1.99. The Hall–Kier alpha value is -0.890. The molecule has 0 unspecified atom stereocenters. The summed E-state index contributed by atoms with van der Waals surface area (Å²) >= 11 is 3.37. The van der Waals surface area contributed by atoms with Crippen molar-refractivity contribution in [3.8, 4) is 0 Å². The van der Waals surface area contributed by atoms with Crippen molar-refractivity contribution in [3.05, 3.63) is 42.0 Å². The lowest BCUT2D eigenvalue weighted by Crippen LogP contribution is -1.83. The van der Waals surface area contributed by atoms with Gasteiger partial charge in [-0.3, -0.25) is 0 Å². The molecule has 62 valence electrons. The topological polar surface area (TPSA) is 23.9 Å². The van der Waals surface area contributed by atoms with E-state index in [1.807, 2.05) is 24.3 Å². The molecule has 0 spiro atoms. The normalized spacial score (nSPS) is 9.42. The third kappa shape index (κ3) is 2.05. The average molecular weight is 224 g/mol. The molecule has 0 radical (unpaired) electrons. The molecule has 2 heteroatoms. The zero-order chi connectivity index (χ0) is 8.97. The monoisotopic (exact) mass is 223 g/mol. The van der Waals surface area contributed by atoms with Gasteiger partial charge in [0.25, 0.3) is 0 Å². The first kappa shape index (κ1) is 9.20. The lowest BCUT2D eigenvalue weighted by atomic mass is 10.1. The van der Waals surface area contributed by atoms with Gasteiger partial charge in [0.15, 0.2) is 0 Å². The summed E-state index contributed by atoms with van der Waals surface area (Å²) in [5.41, 5.74) is 2.99. The Morgan fingerprint density at radius 1 is 1.42 bits per heavy atom. The first-order chi connectivity index (χ1) is 5.77. The maximum atomic E-state index is 7.01. The standard InChI is InChI=1S/C10H10BrN/c1-8(7-12)10-4-2-9(6-11)3-5-10/h2-5,7,12H,1,6H2. The molecule has 0 bridgehead atoms. The van der Waals surface area contributed by atoms with E-state index in [4.69, 9.17) is 5.41 Å². The molecule has 1 nitrogen and oxygen atoms in total. The first-order valence-electron chi connectivity index (χ1n) is 3.62. The van der Waals surface area contributed by atoms with E-state index in [0.717, 1.165) is 16.5 Å². The number of hydrogen-bond acceptors (Lipinski definition) is 1. The molecule has 0 saturated heterocycles. The Labute approximate surface area is 80.8 Å². The highest BCUT2D eigenvalue weighted by Crippen LogP contribution is 2.12. The van der Waals surface area contributed by atoms with E-state index in [0.29, 0.717) is 0 Å². The van der Waals surface area contributed by atoms with E-state index in [2.05, 4.69) is 22.5 Å². The second kappa shape index (κ2) is 4.21. The van der Waals surface area contributed by atoms with Crippen LogP contribution in [0.5, 0.6) is 0 Å². The molecule has 1 aromatic carbocycles. The van der Waals surface area contributed by atoms with Crippen LogP contribution in [0.1, 0.15) is 11.1 Å². The van der Waals surface area contributed by atoms with E-state index >= 15 is 0 Å². The molecule has 1 N–H and O–H groups in total. The fourth-order valence-corrected chi connectivity index (χ4v) is 1.27. The third-order valence-electron chi connectivity index (χ3n) is 1.65.